The molecule has 2 rings (SSSR count). The van der Waals surface area contributed by atoms with Crippen molar-refractivity contribution in [2.24, 2.45) is 0 Å². The van der Waals surface area contributed by atoms with Gasteiger partial charge in [0.25, 0.3) is 5.69 Å². The van der Waals surface area contributed by atoms with E-state index < -0.39 is 14.9 Å². The molecule has 124 valence electrons. The predicted octanol–water partition coefficient (Wildman–Crippen LogP) is 1.56. The van der Waals surface area contributed by atoms with Crippen molar-refractivity contribution in [3.8, 4) is 0 Å². The van der Waals surface area contributed by atoms with Crippen molar-refractivity contribution in [2.75, 3.05) is 26.2 Å². The van der Waals surface area contributed by atoms with Crippen LogP contribution in [0, 0.1) is 10.1 Å². The first kappa shape index (κ1) is 18.8. The summed E-state index contributed by atoms with van der Waals surface area (Å²) < 4.78 is 26.9. The van der Waals surface area contributed by atoms with Crippen molar-refractivity contribution < 1.29 is 13.3 Å². The van der Waals surface area contributed by atoms with E-state index in [-0.39, 0.29) is 23.0 Å². The molecule has 1 aliphatic heterocycles. The van der Waals surface area contributed by atoms with Crippen LogP contribution in [-0.4, -0.2) is 43.8 Å². The lowest BCUT2D eigenvalue weighted by atomic mass is 10.1. The Labute approximate surface area is 136 Å². The maximum atomic E-state index is 12.8. The van der Waals surface area contributed by atoms with E-state index in [0.29, 0.717) is 31.6 Å². The van der Waals surface area contributed by atoms with Crippen LogP contribution in [0.1, 0.15) is 18.9 Å². The van der Waals surface area contributed by atoms with E-state index in [9.17, 15) is 18.5 Å². The Morgan fingerprint density at radius 2 is 2.05 bits per heavy atom. The van der Waals surface area contributed by atoms with Crippen LogP contribution in [0.4, 0.5) is 5.69 Å². The fourth-order valence-corrected chi connectivity index (χ4v) is 4.18. The molecule has 0 unspecified atom stereocenters. The van der Waals surface area contributed by atoms with Gasteiger partial charge in [-0.05, 0) is 24.9 Å². The van der Waals surface area contributed by atoms with E-state index in [1.54, 1.807) is 0 Å². The molecule has 0 aromatic heterocycles. The summed E-state index contributed by atoms with van der Waals surface area (Å²) in [5.41, 5.74) is 0.413. The van der Waals surface area contributed by atoms with Gasteiger partial charge in [0.15, 0.2) is 0 Å². The molecule has 0 saturated carbocycles. The SMILES string of the molecule is CCc1ccc([N+](=O)[O-])cc1S(=O)(=O)N1CCCNCC1.Cl. The van der Waals surface area contributed by atoms with Crippen molar-refractivity contribution in [3.05, 3.63) is 33.9 Å². The molecule has 1 aromatic carbocycles. The highest BCUT2D eigenvalue weighted by molar-refractivity contribution is 7.89. The maximum Gasteiger partial charge on any atom is 0.270 e. The Morgan fingerprint density at radius 3 is 2.68 bits per heavy atom. The van der Waals surface area contributed by atoms with Gasteiger partial charge in [0.2, 0.25) is 10.0 Å². The molecule has 1 saturated heterocycles. The fourth-order valence-electron chi connectivity index (χ4n) is 2.39. The quantitative estimate of drug-likeness (QED) is 0.657. The lowest BCUT2D eigenvalue weighted by Gasteiger charge is -2.21. The number of nitrogens with zero attached hydrogens (tertiary/aromatic N) is 2. The molecule has 1 N–H and O–H groups in total. The Bertz CT molecular complexity index is 628. The second kappa shape index (κ2) is 7.87. The zero-order chi connectivity index (χ0) is 15.5. The molecule has 0 amide bonds. The molecule has 0 aliphatic carbocycles. The van der Waals surface area contributed by atoms with Gasteiger partial charge in [-0.2, -0.15) is 4.31 Å². The normalized spacial score (nSPS) is 16.6. The van der Waals surface area contributed by atoms with Crippen molar-refractivity contribution in [1.29, 1.82) is 0 Å². The molecule has 1 heterocycles. The van der Waals surface area contributed by atoms with Gasteiger partial charge in [0.05, 0.1) is 9.82 Å². The number of non-ortho nitro benzene ring substituents is 1. The van der Waals surface area contributed by atoms with E-state index in [4.69, 9.17) is 0 Å². The molecule has 1 aliphatic rings. The van der Waals surface area contributed by atoms with Crippen molar-refractivity contribution >= 4 is 28.1 Å². The van der Waals surface area contributed by atoms with E-state index in [2.05, 4.69) is 5.32 Å². The summed E-state index contributed by atoms with van der Waals surface area (Å²) in [6.45, 7) is 4.02. The number of rotatable bonds is 4. The van der Waals surface area contributed by atoms with Gasteiger partial charge in [-0.25, -0.2) is 8.42 Å². The van der Waals surface area contributed by atoms with Gasteiger partial charge in [0, 0.05) is 31.8 Å². The topological polar surface area (TPSA) is 92.5 Å². The van der Waals surface area contributed by atoms with E-state index >= 15 is 0 Å². The Hall–Kier alpha value is -1.22. The zero-order valence-corrected chi connectivity index (χ0v) is 14.0. The van der Waals surface area contributed by atoms with E-state index in [1.807, 2.05) is 6.92 Å². The summed E-state index contributed by atoms with van der Waals surface area (Å²) >= 11 is 0. The zero-order valence-electron chi connectivity index (χ0n) is 12.3. The first-order chi connectivity index (χ1) is 9.96. The minimum atomic E-state index is -3.70. The average molecular weight is 350 g/mol. The molecule has 0 spiro atoms. The summed E-state index contributed by atoms with van der Waals surface area (Å²) in [4.78, 5) is 10.4. The van der Waals surface area contributed by atoms with Gasteiger partial charge < -0.3 is 5.32 Å². The number of hydrogen-bond acceptors (Lipinski definition) is 5. The first-order valence-corrected chi connectivity index (χ1v) is 8.39. The molecule has 22 heavy (non-hydrogen) atoms. The van der Waals surface area contributed by atoms with Crippen LogP contribution in [0.25, 0.3) is 0 Å². The molecular weight excluding hydrogens is 330 g/mol. The van der Waals surface area contributed by atoms with Crippen LogP contribution in [0.2, 0.25) is 0 Å². The number of nitro groups is 1. The summed E-state index contributed by atoms with van der Waals surface area (Å²) in [6.07, 6.45) is 1.24. The number of nitrogens with one attached hydrogen (secondary N) is 1. The highest BCUT2D eigenvalue weighted by Gasteiger charge is 2.28. The molecule has 7 nitrogen and oxygen atoms in total. The van der Waals surface area contributed by atoms with Gasteiger partial charge in [-0.15, -0.1) is 12.4 Å². The smallest absolute Gasteiger partial charge is 0.270 e. The molecule has 0 atom stereocenters. The number of hydrogen-bond donors (Lipinski definition) is 1. The van der Waals surface area contributed by atoms with E-state index in [0.717, 1.165) is 13.0 Å². The molecule has 1 fully saturated rings. The maximum absolute atomic E-state index is 12.8. The van der Waals surface area contributed by atoms with E-state index in [1.165, 1.54) is 22.5 Å². The van der Waals surface area contributed by atoms with Crippen LogP contribution >= 0.6 is 12.4 Å². The summed E-state index contributed by atoms with van der Waals surface area (Å²) in [6, 6.07) is 4.05. The third-order valence-electron chi connectivity index (χ3n) is 3.56. The number of sulfonamides is 1. The third-order valence-corrected chi connectivity index (χ3v) is 5.54. The van der Waals surface area contributed by atoms with Crippen LogP contribution in [0.15, 0.2) is 23.1 Å². The number of aryl methyl sites for hydroxylation is 1. The summed E-state index contributed by atoms with van der Waals surface area (Å²) in [5.74, 6) is 0. The molecule has 0 bridgehead atoms. The number of nitro benzene ring substituents is 1. The van der Waals surface area contributed by atoms with Crippen LogP contribution < -0.4 is 5.32 Å². The molecular formula is C13H20ClN3O4S. The number of benzene rings is 1. The van der Waals surface area contributed by atoms with Gasteiger partial charge in [0.1, 0.15) is 0 Å². The Morgan fingerprint density at radius 1 is 1.32 bits per heavy atom. The number of halogens is 1. The fraction of sp³-hybridized carbons (Fsp3) is 0.538. The molecule has 9 heteroatoms. The highest BCUT2D eigenvalue weighted by atomic mass is 35.5. The third kappa shape index (κ3) is 3.95. The second-order valence-electron chi connectivity index (χ2n) is 4.91. The largest absolute Gasteiger partial charge is 0.315 e. The van der Waals surface area contributed by atoms with Crippen LogP contribution in [0.3, 0.4) is 0 Å². The first-order valence-electron chi connectivity index (χ1n) is 6.95. The molecule has 0 radical (unpaired) electrons. The molecule has 1 aromatic rings. The predicted molar refractivity (Wildman–Crippen MR) is 86.0 cm³/mol. The second-order valence-corrected chi connectivity index (χ2v) is 6.82. The highest BCUT2D eigenvalue weighted by Crippen LogP contribution is 2.26. The van der Waals surface area contributed by atoms with Crippen LogP contribution in [0.5, 0.6) is 0 Å². The average Bonchev–Trinajstić information content (AvgIpc) is 2.76. The Balaban J connectivity index is 0.00000242. The Kier molecular flexibility index (Phi) is 6.73. The van der Waals surface area contributed by atoms with Crippen molar-refractivity contribution in [1.82, 2.24) is 9.62 Å². The van der Waals surface area contributed by atoms with Crippen molar-refractivity contribution in [2.45, 2.75) is 24.7 Å². The van der Waals surface area contributed by atoms with Gasteiger partial charge >= 0.3 is 0 Å². The summed E-state index contributed by atoms with van der Waals surface area (Å²) in [5, 5.41) is 14.0. The standard InChI is InChI=1S/C13H19N3O4S.ClH/c1-2-11-4-5-12(16(17)18)10-13(11)21(19,20)15-8-3-6-14-7-9-15;/h4-5,10,14H,2-3,6-9H2,1H3;1H. The minimum Gasteiger partial charge on any atom is -0.315 e. The monoisotopic (exact) mass is 349 g/mol. The lowest BCUT2D eigenvalue weighted by molar-refractivity contribution is -0.385. The van der Waals surface area contributed by atoms with Gasteiger partial charge in [-0.3, -0.25) is 10.1 Å². The van der Waals surface area contributed by atoms with Crippen LogP contribution in [-0.2, 0) is 16.4 Å². The minimum absolute atomic E-state index is 0. The van der Waals surface area contributed by atoms with Gasteiger partial charge in [-0.1, -0.05) is 13.0 Å². The van der Waals surface area contributed by atoms with Crippen molar-refractivity contribution in [3.63, 3.8) is 0 Å². The summed E-state index contributed by atoms with van der Waals surface area (Å²) in [7, 11) is -3.70. The lowest BCUT2D eigenvalue weighted by Crippen LogP contribution is -2.34.